The first-order chi connectivity index (χ1) is 10.1. The van der Waals surface area contributed by atoms with Gasteiger partial charge in [-0.2, -0.15) is 0 Å². The van der Waals surface area contributed by atoms with Crippen molar-refractivity contribution in [3.8, 4) is 0 Å². The molecule has 3 nitrogen and oxygen atoms in total. The SMILES string of the molecule is CCOC(=O)C(Nc1ccccc1)c1cc(Br)ccc1Cl. The van der Waals surface area contributed by atoms with Crippen molar-refractivity contribution in [2.24, 2.45) is 0 Å². The van der Waals surface area contributed by atoms with Crippen LogP contribution in [0.3, 0.4) is 0 Å². The summed E-state index contributed by atoms with van der Waals surface area (Å²) in [5, 5.41) is 3.68. The fourth-order valence-corrected chi connectivity index (χ4v) is 2.53. The van der Waals surface area contributed by atoms with Gasteiger partial charge in [-0.3, -0.25) is 0 Å². The molecule has 0 aliphatic heterocycles. The Labute approximate surface area is 137 Å². The molecule has 0 spiro atoms. The molecule has 2 aromatic carbocycles. The Hall–Kier alpha value is -1.52. The van der Waals surface area contributed by atoms with Crippen LogP contribution in [0.2, 0.25) is 5.02 Å². The highest BCUT2D eigenvalue weighted by Crippen LogP contribution is 2.30. The molecule has 1 N–H and O–H groups in total. The van der Waals surface area contributed by atoms with Gasteiger partial charge in [-0.25, -0.2) is 4.79 Å². The molecule has 0 radical (unpaired) electrons. The summed E-state index contributed by atoms with van der Waals surface area (Å²) in [6.07, 6.45) is 0. The smallest absolute Gasteiger partial charge is 0.333 e. The average Bonchev–Trinajstić information content (AvgIpc) is 2.49. The van der Waals surface area contributed by atoms with Gasteiger partial charge < -0.3 is 10.1 Å². The average molecular weight is 369 g/mol. The van der Waals surface area contributed by atoms with Gasteiger partial charge in [0, 0.05) is 20.7 Å². The van der Waals surface area contributed by atoms with Crippen LogP contribution in [0.5, 0.6) is 0 Å². The molecule has 0 aromatic heterocycles. The second-order valence-electron chi connectivity index (χ2n) is 4.36. The third-order valence-corrected chi connectivity index (χ3v) is 3.71. The van der Waals surface area contributed by atoms with Gasteiger partial charge in [0.05, 0.1) is 6.61 Å². The van der Waals surface area contributed by atoms with Crippen LogP contribution in [0.25, 0.3) is 0 Å². The summed E-state index contributed by atoms with van der Waals surface area (Å²) >= 11 is 9.63. The van der Waals surface area contributed by atoms with E-state index in [1.807, 2.05) is 42.5 Å². The fourth-order valence-electron chi connectivity index (χ4n) is 1.93. The number of benzene rings is 2. The Morgan fingerprint density at radius 2 is 2.00 bits per heavy atom. The largest absolute Gasteiger partial charge is 0.464 e. The van der Waals surface area contributed by atoms with Gasteiger partial charge in [-0.05, 0) is 37.3 Å². The molecular formula is C16H15BrClNO2. The van der Waals surface area contributed by atoms with Crippen LogP contribution in [0.1, 0.15) is 18.5 Å². The van der Waals surface area contributed by atoms with E-state index >= 15 is 0 Å². The molecule has 0 fully saturated rings. The van der Waals surface area contributed by atoms with Gasteiger partial charge in [0.15, 0.2) is 6.04 Å². The van der Waals surface area contributed by atoms with Gasteiger partial charge in [0.2, 0.25) is 0 Å². The zero-order chi connectivity index (χ0) is 15.2. The molecule has 1 unspecified atom stereocenters. The summed E-state index contributed by atoms with van der Waals surface area (Å²) in [5.74, 6) is -0.360. The Kier molecular flexibility index (Phi) is 5.65. The lowest BCUT2D eigenvalue weighted by Gasteiger charge is -2.20. The Morgan fingerprint density at radius 1 is 1.29 bits per heavy atom. The number of carbonyl (C=O) groups excluding carboxylic acids is 1. The minimum absolute atomic E-state index is 0.317. The van der Waals surface area contributed by atoms with E-state index in [-0.39, 0.29) is 5.97 Å². The third-order valence-electron chi connectivity index (χ3n) is 2.88. The zero-order valence-corrected chi connectivity index (χ0v) is 13.8. The van der Waals surface area contributed by atoms with Crippen molar-refractivity contribution < 1.29 is 9.53 Å². The molecule has 21 heavy (non-hydrogen) atoms. The topological polar surface area (TPSA) is 38.3 Å². The number of para-hydroxylation sites is 1. The van der Waals surface area contributed by atoms with Gasteiger partial charge in [-0.1, -0.05) is 45.7 Å². The highest BCUT2D eigenvalue weighted by Gasteiger charge is 2.24. The van der Waals surface area contributed by atoms with Crippen LogP contribution in [-0.4, -0.2) is 12.6 Å². The normalized spacial score (nSPS) is 11.8. The van der Waals surface area contributed by atoms with E-state index in [0.717, 1.165) is 10.2 Å². The van der Waals surface area contributed by atoms with E-state index < -0.39 is 6.04 Å². The number of ether oxygens (including phenoxy) is 1. The van der Waals surface area contributed by atoms with Crippen molar-refractivity contribution in [1.82, 2.24) is 0 Å². The minimum atomic E-state index is -0.655. The lowest BCUT2D eigenvalue weighted by Crippen LogP contribution is -2.23. The quantitative estimate of drug-likeness (QED) is 0.769. The maximum Gasteiger partial charge on any atom is 0.333 e. The fraction of sp³-hybridized carbons (Fsp3) is 0.188. The van der Waals surface area contributed by atoms with Crippen molar-refractivity contribution in [2.75, 3.05) is 11.9 Å². The van der Waals surface area contributed by atoms with Crippen molar-refractivity contribution in [1.29, 1.82) is 0 Å². The molecule has 2 rings (SSSR count). The van der Waals surface area contributed by atoms with Gasteiger partial charge in [0.25, 0.3) is 0 Å². The van der Waals surface area contributed by atoms with Crippen LogP contribution >= 0.6 is 27.5 Å². The maximum atomic E-state index is 12.3. The van der Waals surface area contributed by atoms with E-state index in [9.17, 15) is 4.79 Å². The van der Waals surface area contributed by atoms with Crippen LogP contribution < -0.4 is 5.32 Å². The van der Waals surface area contributed by atoms with Crippen LogP contribution in [0, 0.1) is 0 Å². The summed E-state index contributed by atoms with van der Waals surface area (Å²) in [5.41, 5.74) is 1.50. The van der Waals surface area contributed by atoms with E-state index in [0.29, 0.717) is 17.2 Å². The summed E-state index contributed by atoms with van der Waals surface area (Å²) < 4.78 is 6.00. The molecule has 1 atom stereocenters. The molecule has 0 saturated carbocycles. The third kappa shape index (κ3) is 4.22. The predicted octanol–water partition coefficient (Wildman–Crippen LogP) is 4.82. The number of anilines is 1. The lowest BCUT2D eigenvalue weighted by molar-refractivity contribution is -0.144. The van der Waals surface area contributed by atoms with Crippen molar-refractivity contribution in [3.05, 3.63) is 63.6 Å². The Bertz CT molecular complexity index is 619. The van der Waals surface area contributed by atoms with E-state index in [1.165, 1.54) is 0 Å². The van der Waals surface area contributed by atoms with Crippen LogP contribution in [0.15, 0.2) is 53.0 Å². The summed E-state index contributed by atoms with van der Waals surface area (Å²) in [4.78, 5) is 12.3. The number of hydrogen-bond donors (Lipinski definition) is 1. The first kappa shape index (κ1) is 15.9. The molecule has 110 valence electrons. The second kappa shape index (κ2) is 7.48. The predicted molar refractivity (Wildman–Crippen MR) is 88.6 cm³/mol. The number of esters is 1. The molecule has 0 bridgehead atoms. The van der Waals surface area contributed by atoms with Crippen molar-refractivity contribution >= 4 is 39.2 Å². The first-order valence-corrected chi connectivity index (χ1v) is 7.72. The lowest BCUT2D eigenvalue weighted by atomic mass is 10.1. The van der Waals surface area contributed by atoms with E-state index in [2.05, 4.69) is 21.2 Å². The second-order valence-corrected chi connectivity index (χ2v) is 5.68. The Balaban J connectivity index is 2.36. The van der Waals surface area contributed by atoms with Gasteiger partial charge in [0.1, 0.15) is 0 Å². The molecular weight excluding hydrogens is 354 g/mol. The molecule has 5 heteroatoms. The molecule has 0 aliphatic carbocycles. The summed E-state index contributed by atoms with van der Waals surface area (Å²) in [7, 11) is 0. The Morgan fingerprint density at radius 3 is 2.67 bits per heavy atom. The summed E-state index contributed by atoms with van der Waals surface area (Å²) in [6.45, 7) is 2.09. The van der Waals surface area contributed by atoms with Gasteiger partial charge in [-0.15, -0.1) is 0 Å². The molecule has 2 aromatic rings. The number of hydrogen-bond acceptors (Lipinski definition) is 3. The van der Waals surface area contributed by atoms with Crippen molar-refractivity contribution in [2.45, 2.75) is 13.0 Å². The van der Waals surface area contributed by atoms with Crippen LogP contribution in [-0.2, 0) is 9.53 Å². The number of nitrogens with one attached hydrogen (secondary N) is 1. The molecule has 0 saturated heterocycles. The first-order valence-electron chi connectivity index (χ1n) is 6.55. The van der Waals surface area contributed by atoms with Crippen LogP contribution in [0.4, 0.5) is 5.69 Å². The number of rotatable bonds is 5. The maximum absolute atomic E-state index is 12.3. The van der Waals surface area contributed by atoms with E-state index in [1.54, 1.807) is 13.0 Å². The highest BCUT2D eigenvalue weighted by molar-refractivity contribution is 9.10. The minimum Gasteiger partial charge on any atom is -0.464 e. The molecule has 0 heterocycles. The number of carbonyl (C=O) groups is 1. The standard InChI is InChI=1S/C16H15BrClNO2/c1-2-21-16(20)15(19-12-6-4-3-5-7-12)13-10-11(17)8-9-14(13)18/h3-10,15,19H,2H2,1H3. The highest BCUT2D eigenvalue weighted by atomic mass is 79.9. The monoisotopic (exact) mass is 367 g/mol. The number of halogens is 2. The molecule has 0 amide bonds. The van der Waals surface area contributed by atoms with Gasteiger partial charge >= 0.3 is 5.97 Å². The zero-order valence-electron chi connectivity index (χ0n) is 11.5. The summed E-state index contributed by atoms with van der Waals surface area (Å²) in [6, 6.07) is 14.2. The van der Waals surface area contributed by atoms with E-state index in [4.69, 9.17) is 16.3 Å². The molecule has 0 aliphatic rings. The van der Waals surface area contributed by atoms with Crippen molar-refractivity contribution in [3.63, 3.8) is 0 Å².